The van der Waals surface area contributed by atoms with Gasteiger partial charge in [0.1, 0.15) is 0 Å². The maximum absolute atomic E-state index is 12.6. The summed E-state index contributed by atoms with van der Waals surface area (Å²) >= 11 is 0. The first-order chi connectivity index (χ1) is 13.3. The van der Waals surface area contributed by atoms with Gasteiger partial charge in [-0.2, -0.15) is 4.31 Å². The second-order valence-electron chi connectivity index (χ2n) is 7.01. The largest absolute Gasteiger partial charge is 0.348 e. The molecule has 0 atom stereocenters. The lowest BCUT2D eigenvalue weighted by Gasteiger charge is -2.21. The molecular weight excluding hydrogens is 372 g/mol. The van der Waals surface area contributed by atoms with Crippen molar-refractivity contribution in [3.05, 3.63) is 77.9 Å². The van der Waals surface area contributed by atoms with Crippen molar-refractivity contribution < 1.29 is 13.2 Å². The van der Waals surface area contributed by atoms with Gasteiger partial charge in [-0.1, -0.05) is 42.5 Å². The number of rotatable bonds is 6. The molecule has 3 aromatic rings. The number of hydrogen-bond acceptors (Lipinski definition) is 3. The van der Waals surface area contributed by atoms with Crippen molar-refractivity contribution in [3.8, 4) is 0 Å². The number of carbonyl (C=O) groups is 1. The highest BCUT2D eigenvalue weighted by Crippen LogP contribution is 2.18. The molecule has 0 saturated heterocycles. The number of sulfonamides is 1. The molecule has 1 N–H and O–H groups in total. The van der Waals surface area contributed by atoms with Crippen molar-refractivity contribution >= 4 is 26.7 Å². The van der Waals surface area contributed by atoms with Crippen LogP contribution in [0.15, 0.2) is 71.6 Å². The molecule has 0 heterocycles. The Morgan fingerprint density at radius 3 is 2.39 bits per heavy atom. The SMILES string of the molecule is CC(C)N(C)S(=O)(=O)c1cccc(C(=O)NCc2ccc3ccccc3c2)c1. The highest BCUT2D eigenvalue weighted by Gasteiger charge is 2.23. The van der Waals surface area contributed by atoms with Gasteiger partial charge in [0, 0.05) is 25.2 Å². The van der Waals surface area contributed by atoms with Crippen molar-refractivity contribution in [2.45, 2.75) is 31.3 Å². The fraction of sp³-hybridized carbons (Fsp3) is 0.227. The molecule has 0 fully saturated rings. The van der Waals surface area contributed by atoms with E-state index in [1.807, 2.05) is 42.5 Å². The summed E-state index contributed by atoms with van der Waals surface area (Å²) in [5, 5.41) is 5.12. The summed E-state index contributed by atoms with van der Waals surface area (Å²) in [7, 11) is -2.10. The summed E-state index contributed by atoms with van der Waals surface area (Å²) in [6, 6.07) is 20.0. The fourth-order valence-corrected chi connectivity index (χ4v) is 4.29. The first kappa shape index (κ1) is 20.0. The normalized spacial score (nSPS) is 11.9. The topological polar surface area (TPSA) is 66.5 Å². The zero-order valence-electron chi connectivity index (χ0n) is 16.2. The molecule has 0 aliphatic carbocycles. The third-order valence-electron chi connectivity index (χ3n) is 4.77. The highest BCUT2D eigenvalue weighted by atomic mass is 32.2. The Morgan fingerprint density at radius 1 is 0.964 bits per heavy atom. The smallest absolute Gasteiger partial charge is 0.251 e. The molecule has 5 nitrogen and oxygen atoms in total. The minimum absolute atomic E-state index is 0.113. The molecule has 0 bridgehead atoms. The zero-order chi connectivity index (χ0) is 20.3. The van der Waals surface area contributed by atoms with Crippen LogP contribution in [0.25, 0.3) is 10.8 Å². The minimum atomic E-state index is -3.63. The average Bonchev–Trinajstić information content (AvgIpc) is 2.71. The highest BCUT2D eigenvalue weighted by molar-refractivity contribution is 7.89. The van der Waals surface area contributed by atoms with Gasteiger partial charge in [0.2, 0.25) is 10.0 Å². The lowest BCUT2D eigenvalue weighted by atomic mass is 10.1. The Hall–Kier alpha value is -2.70. The van der Waals surface area contributed by atoms with Crippen LogP contribution in [0.4, 0.5) is 0 Å². The Bertz CT molecular complexity index is 1110. The molecule has 3 aromatic carbocycles. The van der Waals surface area contributed by atoms with E-state index in [0.717, 1.165) is 16.3 Å². The monoisotopic (exact) mass is 396 g/mol. The number of benzene rings is 3. The number of amides is 1. The number of hydrogen-bond donors (Lipinski definition) is 1. The predicted octanol–water partition coefficient (Wildman–Crippen LogP) is 3.80. The van der Waals surface area contributed by atoms with Crippen LogP contribution in [0, 0.1) is 0 Å². The molecule has 28 heavy (non-hydrogen) atoms. The molecule has 0 aromatic heterocycles. The second kappa shape index (κ2) is 8.12. The van der Waals surface area contributed by atoms with E-state index >= 15 is 0 Å². The Balaban J connectivity index is 1.75. The molecule has 1 amide bonds. The number of nitrogens with zero attached hydrogens (tertiary/aromatic N) is 1. The van der Waals surface area contributed by atoms with Crippen LogP contribution in [0.1, 0.15) is 29.8 Å². The van der Waals surface area contributed by atoms with E-state index < -0.39 is 10.0 Å². The molecule has 3 rings (SSSR count). The first-order valence-electron chi connectivity index (χ1n) is 9.13. The number of fused-ring (bicyclic) bond motifs is 1. The van der Waals surface area contributed by atoms with Crippen molar-refractivity contribution in [1.82, 2.24) is 9.62 Å². The molecule has 0 radical (unpaired) electrons. The maximum atomic E-state index is 12.6. The van der Waals surface area contributed by atoms with Gasteiger partial charge >= 0.3 is 0 Å². The van der Waals surface area contributed by atoms with Gasteiger partial charge in [0.25, 0.3) is 5.91 Å². The molecule has 0 aliphatic heterocycles. The van der Waals surface area contributed by atoms with Gasteiger partial charge in [-0.3, -0.25) is 4.79 Å². The second-order valence-corrected chi connectivity index (χ2v) is 9.00. The van der Waals surface area contributed by atoms with Crippen LogP contribution in [0.2, 0.25) is 0 Å². The summed E-state index contributed by atoms with van der Waals surface area (Å²) in [5.41, 5.74) is 1.30. The van der Waals surface area contributed by atoms with Crippen LogP contribution < -0.4 is 5.32 Å². The van der Waals surface area contributed by atoms with Crippen molar-refractivity contribution in [2.24, 2.45) is 0 Å². The molecular formula is C22H24N2O3S. The van der Waals surface area contributed by atoms with Crippen LogP contribution in [-0.4, -0.2) is 31.7 Å². The van der Waals surface area contributed by atoms with E-state index in [1.54, 1.807) is 26.0 Å². The molecule has 6 heteroatoms. The molecule has 0 saturated carbocycles. The van der Waals surface area contributed by atoms with Crippen molar-refractivity contribution in [2.75, 3.05) is 7.05 Å². The Morgan fingerprint density at radius 2 is 1.68 bits per heavy atom. The molecule has 0 spiro atoms. The predicted molar refractivity (Wildman–Crippen MR) is 112 cm³/mol. The third-order valence-corrected chi connectivity index (χ3v) is 6.80. The Labute approximate surface area is 166 Å². The van der Waals surface area contributed by atoms with Gasteiger partial charge < -0.3 is 5.32 Å². The zero-order valence-corrected chi connectivity index (χ0v) is 17.0. The van der Waals surface area contributed by atoms with E-state index in [4.69, 9.17) is 0 Å². The lowest BCUT2D eigenvalue weighted by Crippen LogP contribution is -2.33. The van der Waals surface area contributed by atoms with Gasteiger partial charge in [0.05, 0.1) is 4.90 Å². The lowest BCUT2D eigenvalue weighted by molar-refractivity contribution is 0.0950. The molecule has 146 valence electrons. The summed E-state index contributed by atoms with van der Waals surface area (Å²) in [5.74, 6) is -0.308. The van der Waals surface area contributed by atoms with E-state index in [9.17, 15) is 13.2 Å². The molecule has 0 aliphatic rings. The van der Waals surface area contributed by atoms with Crippen LogP contribution in [-0.2, 0) is 16.6 Å². The summed E-state index contributed by atoms with van der Waals surface area (Å²) < 4.78 is 26.6. The van der Waals surface area contributed by atoms with Crippen LogP contribution in [0.3, 0.4) is 0 Å². The summed E-state index contributed by atoms with van der Waals surface area (Å²) in [6.07, 6.45) is 0. The van der Waals surface area contributed by atoms with Crippen molar-refractivity contribution in [3.63, 3.8) is 0 Å². The Kier molecular flexibility index (Phi) is 5.82. The van der Waals surface area contributed by atoms with E-state index in [0.29, 0.717) is 12.1 Å². The average molecular weight is 397 g/mol. The number of carbonyl (C=O) groups excluding carboxylic acids is 1. The first-order valence-corrected chi connectivity index (χ1v) is 10.6. The third kappa shape index (κ3) is 4.24. The summed E-state index contributed by atoms with van der Waals surface area (Å²) in [4.78, 5) is 12.7. The quantitative estimate of drug-likeness (QED) is 0.689. The van der Waals surface area contributed by atoms with E-state index in [2.05, 4.69) is 5.32 Å². The summed E-state index contributed by atoms with van der Waals surface area (Å²) in [6.45, 7) is 3.97. The van der Waals surface area contributed by atoms with E-state index in [-0.39, 0.29) is 16.8 Å². The van der Waals surface area contributed by atoms with Gasteiger partial charge in [-0.05, 0) is 54.4 Å². The molecule has 0 unspecified atom stereocenters. The van der Waals surface area contributed by atoms with Crippen LogP contribution in [0.5, 0.6) is 0 Å². The fourth-order valence-electron chi connectivity index (χ4n) is 2.87. The standard InChI is InChI=1S/C22H24N2O3S/c1-16(2)24(3)28(26,27)21-10-6-9-20(14-21)22(25)23-15-17-11-12-18-7-4-5-8-19(18)13-17/h4-14,16H,15H2,1-3H3,(H,23,25). The van der Waals surface area contributed by atoms with Crippen LogP contribution >= 0.6 is 0 Å². The maximum Gasteiger partial charge on any atom is 0.251 e. The number of nitrogens with one attached hydrogen (secondary N) is 1. The van der Waals surface area contributed by atoms with Gasteiger partial charge in [-0.25, -0.2) is 8.42 Å². The van der Waals surface area contributed by atoms with Crippen molar-refractivity contribution in [1.29, 1.82) is 0 Å². The van der Waals surface area contributed by atoms with Gasteiger partial charge in [0.15, 0.2) is 0 Å². The minimum Gasteiger partial charge on any atom is -0.348 e. The van der Waals surface area contributed by atoms with E-state index in [1.165, 1.54) is 23.5 Å². The van der Waals surface area contributed by atoms with Gasteiger partial charge in [-0.15, -0.1) is 0 Å².